The van der Waals surface area contributed by atoms with Crippen molar-refractivity contribution in [1.29, 1.82) is 0 Å². The third-order valence-corrected chi connectivity index (χ3v) is 7.56. The van der Waals surface area contributed by atoms with Gasteiger partial charge >= 0.3 is 0 Å². The van der Waals surface area contributed by atoms with E-state index >= 15 is 0 Å². The SMILES string of the molecule is CC(C)Oc1ccc(S(=O)(=O)N2CCOCC2)cc1NC(=O)CCSc1ccccc1F. The van der Waals surface area contributed by atoms with Crippen LogP contribution in [-0.4, -0.2) is 56.8 Å². The van der Waals surface area contributed by atoms with Crippen molar-refractivity contribution >= 4 is 33.4 Å². The molecule has 174 valence electrons. The van der Waals surface area contributed by atoms with E-state index in [9.17, 15) is 17.6 Å². The number of nitrogens with one attached hydrogen (secondary N) is 1. The number of hydrogen-bond donors (Lipinski definition) is 1. The van der Waals surface area contributed by atoms with Crippen molar-refractivity contribution in [1.82, 2.24) is 4.31 Å². The number of hydrogen-bond acceptors (Lipinski definition) is 6. The molecule has 2 aromatic rings. The summed E-state index contributed by atoms with van der Waals surface area (Å²) in [5.41, 5.74) is 0.286. The second-order valence-electron chi connectivity index (χ2n) is 7.42. The molecule has 0 atom stereocenters. The molecule has 1 aliphatic heterocycles. The second kappa shape index (κ2) is 11.1. The van der Waals surface area contributed by atoms with Gasteiger partial charge in [0, 0.05) is 30.2 Å². The van der Waals surface area contributed by atoms with Gasteiger partial charge in [-0.25, -0.2) is 12.8 Å². The lowest BCUT2D eigenvalue weighted by Crippen LogP contribution is -2.40. The Morgan fingerprint density at radius 3 is 2.62 bits per heavy atom. The molecule has 1 aliphatic rings. The lowest BCUT2D eigenvalue weighted by molar-refractivity contribution is -0.115. The average molecular weight is 483 g/mol. The van der Waals surface area contributed by atoms with Crippen molar-refractivity contribution < 1.29 is 27.1 Å². The Bertz CT molecular complexity index is 1040. The first-order valence-electron chi connectivity index (χ1n) is 10.3. The first kappa shape index (κ1) is 24.5. The highest BCUT2D eigenvalue weighted by molar-refractivity contribution is 7.99. The normalized spacial score (nSPS) is 15.0. The summed E-state index contributed by atoms with van der Waals surface area (Å²) in [6, 6.07) is 10.8. The summed E-state index contributed by atoms with van der Waals surface area (Å²) < 4.78 is 52.1. The van der Waals surface area contributed by atoms with Gasteiger partial charge in [0.1, 0.15) is 11.6 Å². The van der Waals surface area contributed by atoms with Gasteiger partial charge in [-0.3, -0.25) is 4.79 Å². The molecular formula is C22H27FN2O5S2. The fourth-order valence-electron chi connectivity index (χ4n) is 3.09. The number of nitrogens with zero attached hydrogens (tertiary/aromatic N) is 1. The van der Waals surface area contributed by atoms with Crippen molar-refractivity contribution in [3.05, 3.63) is 48.3 Å². The number of rotatable bonds is 9. The minimum atomic E-state index is -3.72. The molecule has 2 aromatic carbocycles. The highest BCUT2D eigenvalue weighted by atomic mass is 32.2. The van der Waals surface area contributed by atoms with E-state index in [0.717, 1.165) is 0 Å². The lowest BCUT2D eigenvalue weighted by atomic mass is 10.2. The largest absolute Gasteiger partial charge is 0.489 e. The predicted molar refractivity (Wildman–Crippen MR) is 122 cm³/mol. The summed E-state index contributed by atoms with van der Waals surface area (Å²) in [5.74, 6) is 0.116. The molecule has 1 N–H and O–H groups in total. The van der Waals surface area contributed by atoms with Crippen LogP contribution >= 0.6 is 11.8 Å². The maximum absolute atomic E-state index is 13.7. The zero-order valence-electron chi connectivity index (χ0n) is 18.0. The number of thioether (sulfide) groups is 1. The highest BCUT2D eigenvalue weighted by Gasteiger charge is 2.27. The number of amides is 1. The third-order valence-electron chi connectivity index (χ3n) is 4.62. The van der Waals surface area contributed by atoms with Gasteiger partial charge in [-0.1, -0.05) is 12.1 Å². The van der Waals surface area contributed by atoms with Crippen LogP contribution in [0.5, 0.6) is 5.75 Å². The second-order valence-corrected chi connectivity index (χ2v) is 10.5. The van der Waals surface area contributed by atoms with E-state index in [-0.39, 0.29) is 47.9 Å². The van der Waals surface area contributed by atoms with Crippen molar-refractivity contribution in [2.45, 2.75) is 36.2 Å². The average Bonchev–Trinajstić information content (AvgIpc) is 2.76. The van der Waals surface area contributed by atoms with Crippen molar-refractivity contribution in [2.24, 2.45) is 0 Å². The minimum Gasteiger partial charge on any atom is -0.489 e. The van der Waals surface area contributed by atoms with E-state index in [2.05, 4.69) is 5.32 Å². The molecule has 7 nitrogen and oxygen atoms in total. The molecule has 3 rings (SSSR count). The van der Waals surface area contributed by atoms with Crippen LogP contribution in [-0.2, 0) is 19.6 Å². The minimum absolute atomic E-state index is 0.0755. The molecule has 0 saturated carbocycles. The molecule has 1 heterocycles. The van der Waals surface area contributed by atoms with Crippen LogP contribution in [0.2, 0.25) is 0 Å². The van der Waals surface area contributed by atoms with Crippen LogP contribution in [0, 0.1) is 5.82 Å². The Kier molecular flexibility index (Phi) is 8.52. The van der Waals surface area contributed by atoms with Crippen molar-refractivity contribution in [2.75, 3.05) is 37.4 Å². The van der Waals surface area contributed by atoms with Crippen LogP contribution in [0.3, 0.4) is 0 Å². The lowest BCUT2D eigenvalue weighted by Gasteiger charge is -2.26. The van der Waals surface area contributed by atoms with E-state index in [1.54, 1.807) is 24.3 Å². The van der Waals surface area contributed by atoms with Crippen LogP contribution in [0.1, 0.15) is 20.3 Å². The number of benzene rings is 2. The zero-order chi connectivity index (χ0) is 23.1. The quantitative estimate of drug-likeness (QED) is 0.548. The Morgan fingerprint density at radius 2 is 1.94 bits per heavy atom. The molecule has 0 aliphatic carbocycles. The number of carbonyl (C=O) groups is 1. The van der Waals surface area contributed by atoms with E-state index in [4.69, 9.17) is 9.47 Å². The maximum atomic E-state index is 13.7. The zero-order valence-corrected chi connectivity index (χ0v) is 19.7. The van der Waals surface area contributed by atoms with Crippen LogP contribution in [0.4, 0.5) is 10.1 Å². The number of anilines is 1. The monoisotopic (exact) mass is 482 g/mol. The Hall–Kier alpha value is -2.14. The smallest absolute Gasteiger partial charge is 0.243 e. The van der Waals surface area contributed by atoms with Crippen LogP contribution in [0.25, 0.3) is 0 Å². The fraction of sp³-hybridized carbons (Fsp3) is 0.409. The molecule has 1 fully saturated rings. The number of morpholine rings is 1. The van der Waals surface area contributed by atoms with Gasteiger partial charge in [0.2, 0.25) is 15.9 Å². The van der Waals surface area contributed by atoms with Gasteiger partial charge in [-0.05, 0) is 44.2 Å². The first-order valence-corrected chi connectivity index (χ1v) is 12.8. The summed E-state index contributed by atoms with van der Waals surface area (Å²) in [6.07, 6.45) is -0.0374. The summed E-state index contributed by atoms with van der Waals surface area (Å²) in [7, 11) is -3.72. The number of ether oxygens (including phenoxy) is 2. The molecule has 0 spiro atoms. The van der Waals surface area contributed by atoms with Crippen molar-refractivity contribution in [3.8, 4) is 5.75 Å². The van der Waals surface area contributed by atoms with E-state index in [1.165, 1.54) is 34.3 Å². The molecule has 0 radical (unpaired) electrons. The van der Waals surface area contributed by atoms with Crippen molar-refractivity contribution in [3.63, 3.8) is 0 Å². The van der Waals surface area contributed by atoms with E-state index in [0.29, 0.717) is 29.6 Å². The maximum Gasteiger partial charge on any atom is 0.243 e. The number of halogens is 1. The van der Waals surface area contributed by atoms with Gasteiger partial charge in [-0.15, -0.1) is 11.8 Å². The first-order chi connectivity index (χ1) is 15.3. The highest BCUT2D eigenvalue weighted by Crippen LogP contribution is 2.31. The fourth-order valence-corrected chi connectivity index (χ4v) is 5.41. The van der Waals surface area contributed by atoms with Gasteiger partial charge in [0.15, 0.2) is 0 Å². The molecule has 1 saturated heterocycles. The molecule has 0 unspecified atom stereocenters. The molecule has 10 heteroatoms. The summed E-state index contributed by atoms with van der Waals surface area (Å²) >= 11 is 1.25. The van der Waals surface area contributed by atoms with Crippen LogP contribution < -0.4 is 10.1 Å². The topological polar surface area (TPSA) is 84.9 Å². The Balaban J connectivity index is 1.73. The Morgan fingerprint density at radius 1 is 1.22 bits per heavy atom. The van der Waals surface area contributed by atoms with Gasteiger partial charge < -0.3 is 14.8 Å². The molecule has 0 bridgehead atoms. The standard InChI is InChI=1S/C22H27FN2O5S2/c1-16(2)30-20-8-7-17(32(27,28)25-10-12-29-13-11-25)15-19(20)24-22(26)9-14-31-21-6-4-3-5-18(21)23/h3-8,15-16H,9-14H2,1-2H3,(H,24,26). The van der Waals surface area contributed by atoms with Gasteiger partial charge in [-0.2, -0.15) is 4.31 Å². The summed E-state index contributed by atoms with van der Waals surface area (Å²) in [5, 5.41) is 2.75. The molecule has 1 amide bonds. The van der Waals surface area contributed by atoms with E-state index in [1.807, 2.05) is 13.8 Å². The molecule has 32 heavy (non-hydrogen) atoms. The number of sulfonamides is 1. The molecular weight excluding hydrogens is 455 g/mol. The summed E-state index contributed by atoms with van der Waals surface area (Å²) in [4.78, 5) is 13.1. The van der Waals surface area contributed by atoms with Crippen LogP contribution in [0.15, 0.2) is 52.3 Å². The molecule has 0 aromatic heterocycles. The van der Waals surface area contributed by atoms with Gasteiger partial charge in [0.25, 0.3) is 0 Å². The predicted octanol–water partition coefficient (Wildman–Crippen LogP) is 3.75. The van der Waals surface area contributed by atoms with E-state index < -0.39 is 10.0 Å². The number of carbonyl (C=O) groups excluding carboxylic acids is 1. The Labute approximate surface area is 192 Å². The summed E-state index contributed by atoms with van der Waals surface area (Å²) in [6.45, 7) is 4.93. The third kappa shape index (κ3) is 6.44. The van der Waals surface area contributed by atoms with Gasteiger partial charge in [0.05, 0.1) is 29.9 Å².